The fourth-order valence-electron chi connectivity index (χ4n) is 3.39. The van der Waals surface area contributed by atoms with Crippen molar-refractivity contribution in [2.45, 2.75) is 38.5 Å². The number of likely N-dealkylation sites (tertiary alicyclic amines) is 1. The van der Waals surface area contributed by atoms with Crippen molar-refractivity contribution in [1.82, 2.24) is 9.88 Å². The van der Waals surface area contributed by atoms with E-state index in [0.717, 1.165) is 37.2 Å². The zero-order valence-corrected chi connectivity index (χ0v) is 15.6. The Bertz CT molecular complexity index is 745. The van der Waals surface area contributed by atoms with Gasteiger partial charge in [0.25, 0.3) is 5.91 Å². The second kappa shape index (κ2) is 8.94. The van der Waals surface area contributed by atoms with Crippen molar-refractivity contribution >= 4 is 23.2 Å². The molecule has 1 aliphatic heterocycles. The molecule has 0 aliphatic carbocycles. The van der Waals surface area contributed by atoms with Crippen molar-refractivity contribution in [1.29, 1.82) is 0 Å². The van der Waals surface area contributed by atoms with Gasteiger partial charge in [0.1, 0.15) is 5.69 Å². The molecular weight excluding hydrogens is 348 g/mol. The summed E-state index contributed by atoms with van der Waals surface area (Å²) in [5, 5.41) is 11.7. The maximum Gasteiger partial charge on any atom is 0.303 e. The molecule has 1 aliphatic rings. The molecule has 0 radical (unpaired) electrons. The van der Waals surface area contributed by atoms with E-state index < -0.39 is 5.97 Å². The summed E-state index contributed by atoms with van der Waals surface area (Å²) in [5.74, 6) is -0.511. The predicted octanol–water partition coefficient (Wildman–Crippen LogP) is 3.65. The molecule has 6 heteroatoms. The van der Waals surface area contributed by atoms with Crippen LogP contribution in [-0.2, 0) is 17.6 Å². The third-order valence-corrected chi connectivity index (χ3v) is 5.72. The number of amides is 1. The van der Waals surface area contributed by atoms with Gasteiger partial charge in [0.05, 0.1) is 5.01 Å². The zero-order valence-electron chi connectivity index (χ0n) is 14.8. The summed E-state index contributed by atoms with van der Waals surface area (Å²) >= 11 is 1.54. The largest absolute Gasteiger partial charge is 0.481 e. The molecule has 1 amide bonds. The number of carboxylic acids is 1. The first kappa shape index (κ1) is 18.6. The molecule has 0 spiro atoms. The van der Waals surface area contributed by atoms with Crippen LogP contribution in [0.1, 0.15) is 46.7 Å². The van der Waals surface area contributed by atoms with Gasteiger partial charge in [0, 0.05) is 31.3 Å². The SMILES string of the molecule is O=C(O)CC[C@H]1CCCN(C(=O)c2csc(CCc3ccccc3)n2)C1. The Morgan fingerprint density at radius 2 is 2.04 bits per heavy atom. The van der Waals surface area contributed by atoms with Gasteiger partial charge in [-0.3, -0.25) is 9.59 Å². The van der Waals surface area contributed by atoms with E-state index in [9.17, 15) is 9.59 Å². The number of piperidine rings is 1. The van der Waals surface area contributed by atoms with Crippen LogP contribution in [0.5, 0.6) is 0 Å². The van der Waals surface area contributed by atoms with Gasteiger partial charge in [0.15, 0.2) is 0 Å². The molecule has 1 fully saturated rings. The zero-order chi connectivity index (χ0) is 18.4. The molecule has 1 aromatic carbocycles. The highest BCUT2D eigenvalue weighted by Crippen LogP contribution is 2.23. The first-order valence-corrected chi connectivity index (χ1v) is 9.99. The number of thiazole rings is 1. The molecule has 5 nitrogen and oxygen atoms in total. The molecule has 1 atom stereocenters. The summed E-state index contributed by atoms with van der Waals surface area (Å²) in [7, 11) is 0. The van der Waals surface area contributed by atoms with Crippen LogP contribution in [0.3, 0.4) is 0 Å². The maximum atomic E-state index is 12.7. The van der Waals surface area contributed by atoms with Crippen molar-refractivity contribution in [3.05, 3.63) is 52.0 Å². The number of carbonyl (C=O) groups excluding carboxylic acids is 1. The summed E-state index contributed by atoms with van der Waals surface area (Å²) in [6, 6.07) is 10.3. The number of aliphatic carboxylic acids is 1. The van der Waals surface area contributed by atoms with Crippen LogP contribution in [0.25, 0.3) is 0 Å². The first-order valence-electron chi connectivity index (χ1n) is 9.11. The average Bonchev–Trinajstić information content (AvgIpc) is 3.14. The Labute approximate surface area is 157 Å². The molecule has 1 N–H and O–H groups in total. The Morgan fingerprint density at radius 3 is 2.81 bits per heavy atom. The number of benzene rings is 1. The van der Waals surface area contributed by atoms with Gasteiger partial charge in [0.2, 0.25) is 0 Å². The number of carbonyl (C=O) groups is 2. The van der Waals surface area contributed by atoms with E-state index in [1.54, 1.807) is 0 Å². The lowest BCUT2D eigenvalue weighted by molar-refractivity contribution is -0.137. The van der Waals surface area contributed by atoms with E-state index in [1.807, 2.05) is 28.5 Å². The molecule has 138 valence electrons. The quantitative estimate of drug-likeness (QED) is 0.805. The van der Waals surface area contributed by atoms with Crippen molar-refractivity contribution in [3.8, 4) is 0 Å². The van der Waals surface area contributed by atoms with Crippen LogP contribution >= 0.6 is 11.3 Å². The normalized spacial score (nSPS) is 17.2. The van der Waals surface area contributed by atoms with Crippen LogP contribution in [0.2, 0.25) is 0 Å². The summed E-state index contributed by atoms with van der Waals surface area (Å²) in [6.45, 7) is 1.38. The molecule has 2 heterocycles. The summed E-state index contributed by atoms with van der Waals surface area (Å²) < 4.78 is 0. The molecule has 0 saturated carbocycles. The number of rotatable bonds is 7. The number of aromatic nitrogens is 1. The minimum Gasteiger partial charge on any atom is -0.481 e. The summed E-state index contributed by atoms with van der Waals surface area (Å²) in [4.78, 5) is 29.9. The fraction of sp³-hybridized carbons (Fsp3) is 0.450. The Morgan fingerprint density at radius 1 is 1.23 bits per heavy atom. The van der Waals surface area contributed by atoms with Gasteiger partial charge < -0.3 is 10.0 Å². The molecule has 0 unspecified atom stereocenters. The van der Waals surface area contributed by atoms with Crippen LogP contribution in [0.4, 0.5) is 0 Å². The lowest BCUT2D eigenvalue weighted by Crippen LogP contribution is -2.40. The van der Waals surface area contributed by atoms with Gasteiger partial charge in [-0.1, -0.05) is 30.3 Å². The smallest absolute Gasteiger partial charge is 0.303 e. The molecule has 1 aromatic heterocycles. The highest BCUT2D eigenvalue weighted by molar-refractivity contribution is 7.09. The number of aryl methyl sites for hydroxylation is 2. The molecular formula is C20H24N2O3S. The minimum atomic E-state index is -0.768. The molecule has 2 aromatic rings. The number of carboxylic acid groups (broad SMARTS) is 1. The number of hydrogen-bond donors (Lipinski definition) is 1. The third-order valence-electron chi connectivity index (χ3n) is 4.81. The average molecular weight is 372 g/mol. The van der Waals surface area contributed by atoms with E-state index in [0.29, 0.717) is 18.7 Å². The van der Waals surface area contributed by atoms with Crippen LogP contribution in [0.15, 0.2) is 35.7 Å². The van der Waals surface area contributed by atoms with Crippen LogP contribution in [0, 0.1) is 5.92 Å². The molecule has 26 heavy (non-hydrogen) atoms. The van der Waals surface area contributed by atoms with Crippen molar-refractivity contribution in [3.63, 3.8) is 0 Å². The van der Waals surface area contributed by atoms with Crippen molar-refractivity contribution in [2.24, 2.45) is 5.92 Å². The second-order valence-electron chi connectivity index (χ2n) is 6.80. The minimum absolute atomic E-state index is 0.0211. The van der Waals surface area contributed by atoms with E-state index >= 15 is 0 Å². The Hall–Kier alpha value is -2.21. The monoisotopic (exact) mass is 372 g/mol. The first-order chi connectivity index (χ1) is 12.6. The third kappa shape index (κ3) is 5.14. The summed E-state index contributed by atoms with van der Waals surface area (Å²) in [5.41, 5.74) is 1.80. The molecule has 3 rings (SSSR count). The molecule has 0 bridgehead atoms. The van der Waals surface area contributed by atoms with Gasteiger partial charge in [-0.25, -0.2) is 4.98 Å². The van der Waals surface area contributed by atoms with Gasteiger partial charge >= 0.3 is 5.97 Å². The standard InChI is InChI=1S/C20H24N2O3S/c23-19(24)11-9-16-7-4-12-22(13-16)20(25)17-14-26-18(21-17)10-8-15-5-2-1-3-6-15/h1-3,5-6,14,16H,4,7-13H2,(H,23,24)/t16-/m1/s1. The summed E-state index contributed by atoms with van der Waals surface area (Å²) in [6.07, 6.45) is 4.50. The van der Waals surface area contributed by atoms with E-state index in [1.165, 1.54) is 16.9 Å². The topological polar surface area (TPSA) is 70.5 Å². The fourth-order valence-corrected chi connectivity index (χ4v) is 4.17. The highest BCUT2D eigenvalue weighted by Gasteiger charge is 2.26. The lowest BCUT2D eigenvalue weighted by atomic mass is 9.93. The highest BCUT2D eigenvalue weighted by atomic mass is 32.1. The Balaban J connectivity index is 1.54. The van der Waals surface area contributed by atoms with Crippen LogP contribution in [-0.4, -0.2) is 40.0 Å². The van der Waals surface area contributed by atoms with Crippen molar-refractivity contribution < 1.29 is 14.7 Å². The van der Waals surface area contributed by atoms with Gasteiger partial charge in [-0.2, -0.15) is 0 Å². The second-order valence-corrected chi connectivity index (χ2v) is 7.75. The van der Waals surface area contributed by atoms with E-state index in [2.05, 4.69) is 17.1 Å². The molecule has 1 saturated heterocycles. The number of nitrogens with zero attached hydrogens (tertiary/aromatic N) is 2. The van der Waals surface area contributed by atoms with E-state index in [4.69, 9.17) is 5.11 Å². The number of hydrogen-bond acceptors (Lipinski definition) is 4. The van der Waals surface area contributed by atoms with E-state index in [-0.39, 0.29) is 18.2 Å². The van der Waals surface area contributed by atoms with Crippen molar-refractivity contribution in [2.75, 3.05) is 13.1 Å². The Kier molecular flexibility index (Phi) is 6.39. The van der Waals surface area contributed by atoms with Gasteiger partial charge in [-0.05, 0) is 37.2 Å². The lowest BCUT2D eigenvalue weighted by Gasteiger charge is -2.32. The predicted molar refractivity (Wildman–Crippen MR) is 101 cm³/mol. The van der Waals surface area contributed by atoms with Crippen LogP contribution < -0.4 is 0 Å². The van der Waals surface area contributed by atoms with Gasteiger partial charge in [-0.15, -0.1) is 11.3 Å². The maximum absolute atomic E-state index is 12.7.